The molecule has 2 aliphatic heterocycles. The lowest BCUT2D eigenvalue weighted by Crippen LogP contribution is -2.27. The Kier molecular flexibility index (Phi) is 5.45. The Hall–Kier alpha value is -1.99. The molecule has 1 fully saturated rings. The summed E-state index contributed by atoms with van der Waals surface area (Å²) in [4.78, 5) is 16.0. The molecule has 1 atom stereocenters. The van der Waals surface area contributed by atoms with E-state index in [9.17, 15) is 0 Å². The summed E-state index contributed by atoms with van der Waals surface area (Å²) >= 11 is 0. The summed E-state index contributed by atoms with van der Waals surface area (Å²) in [6, 6.07) is 0. The first-order chi connectivity index (χ1) is 12.8. The zero-order valence-electron chi connectivity index (χ0n) is 15.5. The molecule has 2 aromatic heterocycles. The van der Waals surface area contributed by atoms with Crippen LogP contribution in [0.5, 0.6) is 0 Å². The fourth-order valence-electron chi connectivity index (χ4n) is 3.84. The van der Waals surface area contributed by atoms with Gasteiger partial charge in [0, 0.05) is 57.7 Å². The molecule has 0 aromatic carbocycles. The molecular formula is C19H28N6O. The van der Waals surface area contributed by atoms with E-state index in [-0.39, 0.29) is 0 Å². The topological polar surface area (TPSA) is 68.1 Å². The molecule has 0 aliphatic carbocycles. The van der Waals surface area contributed by atoms with Crippen LogP contribution in [0, 0.1) is 5.92 Å². The van der Waals surface area contributed by atoms with Gasteiger partial charge in [-0.3, -0.25) is 4.90 Å². The van der Waals surface area contributed by atoms with E-state index in [1.807, 2.05) is 12.4 Å². The van der Waals surface area contributed by atoms with Crippen molar-refractivity contribution < 1.29 is 4.74 Å². The number of aryl methyl sites for hydroxylation is 1. The Bertz CT molecular complexity index is 725. The van der Waals surface area contributed by atoms with Crippen molar-refractivity contribution in [1.29, 1.82) is 0 Å². The summed E-state index contributed by atoms with van der Waals surface area (Å²) in [5, 5.41) is 3.57. The summed E-state index contributed by atoms with van der Waals surface area (Å²) < 4.78 is 7.68. The van der Waals surface area contributed by atoms with Crippen LogP contribution in [0.15, 0.2) is 18.7 Å². The lowest BCUT2D eigenvalue weighted by Gasteiger charge is -2.23. The van der Waals surface area contributed by atoms with Crippen molar-refractivity contribution in [2.24, 2.45) is 13.0 Å². The number of nitrogens with one attached hydrogen (secondary N) is 1. The van der Waals surface area contributed by atoms with Crippen LogP contribution in [0.1, 0.15) is 29.9 Å². The molecule has 2 aromatic rings. The van der Waals surface area contributed by atoms with Crippen molar-refractivity contribution in [1.82, 2.24) is 24.4 Å². The van der Waals surface area contributed by atoms with E-state index >= 15 is 0 Å². The average Bonchev–Trinajstić information content (AvgIpc) is 2.96. The summed E-state index contributed by atoms with van der Waals surface area (Å²) in [7, 11) is 2.05. The second-order valence-electron chi connectivity index (χ2n) is 7.34. The number of ether oxygens (including phenoxy) is 1. The van der Waals surface area contributed by atoms with Gasteiger partial charge in [-0.1, -0.05) is 0 Å². The maximum atomic E-state index is 5.59. The molecule has 26 heavy (non-hydrogen) atoms. The Balaban J connectivity index is 1.40. The second-order valence-corrected chi connectivity index (χ2v) is 7.34. The molecule has 4 rings (SSSR count). The average molecular weight is 356 g/mol. The Labute approximate surface area is 154 Å². The van der Waals surface area contributed by atoms with Gasteiger partial charge in [0.25, 0.3) is 0 Å². The highest BCUT2D eigenvalue weighted by Crippen LogP contribution is 2.22. The van der Waals surface area contributed by atoms with E-state index in [1.54, 1.807) is 6.33 Å². The largest absolute Gasteiger partial charge is 0.381 e. The molecule has 0 unspecified atom stereocenters. The van der Waals surface area contributed by atoms with E-state index < -0.39 is 0 Å². The highest BCUT2D eigenvalue weighted by molar-refractivity contribution is 5.46. The van der Waals surface area contributed by atoms with Gasteiger partial charge >= 0.3 is 0 Å². The van der Waals surface area contributed by atoms with Crippen LogP contribution in [0.2, 0.25) is 0 Å². The van der Waals surface area contributed by atoms with E-state index in [0.717, 1.165) is 70.3 Å². The quantitative estimate of drug-likeness (QED) is 0.879. The molecule has 0 spiro atoms. The molecule has 7 heteroatoms. The summed E-state index contributed by atoms with van der Waals surface area (Å²) in [5.41, 5.74) is 2.47. The van der Waals surface area contributed by atoms with Crippen LogP contribution in [-0.4, -0.2) is 57.3 Å². The van der Waals surface area contributed by atoms with Crippen molar-refractivity contribution in [3.63, 3.8) is 0 Å². The van der Waals surface area contributed by atoms with Gasteiger partial charge in [0.1, 0.15) is 18.0 Å². The molecular weight excluding hydrogens is 328 g/mol. The third-order valence-electron chi connectivity index (χ3n) is 5.48. The minimum atomic E-state index is 0.583. The lowest BCUT2D eigenvalue weighted by atomic mass is 10.0. The van der Waals surface area contributed by atoms with E-state index in [2.05, 4.69) is 36.8 Å². The minimum absolute atomic E-state index is 0.583. The van der Waals surface area contributed by atoms with Crippen LogP contribution < -0.4 is 5.32 Å². The molecule has 0 bridgehead atoms. The van der Waals surface area contributed by atoms with E-state index in [1.165, 1.54) is 17.7 Å². The number of imidazole rings is 1. The molecule has 4 heterocycles. The second kappa shape index (κ2) is 8.14. The van der Waals surface area contributed by atoms with Crippen LogP contribution in [0.25, 0.3) is 0 Å². The smallest absolute Gasteiger partial charge is 0.132 e. The predicted octanol–water partition coefficient (Wildman–Crippen LogP) is 1.65. The summed E-state index contributed by atoms with van der Waals surface area (Å²) in [5.74, 6) is 2.71. The van der Waals surface area contributed by atoms with Gasteiger partial charge in [-0.15, -0.1) is 0 Å². The standard InChI is InChI=1S/C19H28N6O/c1-24-9-6-20-18(24)12-25-7-4-16-17(5-8-25)22-14-23-19(16)21-11-15-3-2-10-26-13-15/h6,9,14-15H,2-5,7-8,10-13H2,1H3,(H,21,22,23)/t15-/m0/s1. The van der Waals surface area contributed by atoms with Gasteiger partial charge in [0.05, 0.1) is 18.8 Å². The number of hydrogen-bond acceptors (Lipinski definition) is 6. The first kappa shape index (κ1) is 17.4. The first-order valence-electron chi connectivity index (χ1n) is 9.62. The number of fused-ring (bicyclic) bond motifs is 1. The van der Waals surface area contributed by atoms with Gasteiger partial charge in [-0.25, -0.2) is 15.0 Å². The third-order valence-corrected chi connectivity index (χ3v) is 5.48. The molecule has 140 valence electrons. The first-order valence-corrected chi connectivity index (χ1v) is 9.62. The number of anilines is 1. The third kappa shape index (κ3) is 4.04. The SMILES string of the molecule is Cn1ccnc1CN1CCc2ncnc(NC[C@@H]3CCCOC3)c2CC1. The van der Waals surface area contributed by atoms with Crippen LogP contribution in [0.3, 0.4) is 0 Å². The Morgan fingerprint density at radius 2 is 2.15 bits per heavy atom. The monoisotopic (exact) mass is 356 g/mol. The molecule has 1 N–H and O–H groups in total. The van der Waals surface area contributed by atoms with Crippen molar-refractivity contribution in [2.45, 2.75) is 32.2 Å². The van der Waals surface area contributed by atoms with Crippen LogP contribution in [-0.2, 0) is 31.2 Å². The van der Waals surface area contributed by atoms with E-state index in [4.69, 9.17) is 4.74 Å². The summed E-state index contributed by atoms with van der Waals surface area (Å²) in [6.07, 6.45) is 9.91. The van der Waals surface area contributed by atoms with Gasteiger partial charge in [0.15, 0.2) is 0 Å². The fraction of sp³-hybridized carbons (Fsp3) is 0.632. The van der Waals surface area contributed by atoms with E-state index in [0.29, 0.717) is 5.92 Å². The molecule has 7 nitrogen and oxygen atoms in total. The zero-order chi connectivity index (χ0) is 17.8. The molecule has 2 aliphatic rings. The maximum Gasteiger partial charge on any atom is 0.132 e. The minimum Gasteiger partial charge on any atom is -0.381 e. The molecule has 0 saturated carbocycles. The molecule has 0 radical (unpaired) electrons. The number of hydrogen-bond donors (Lipinski definition) is 1. The number of rotatable bonds is 5. The summed E-state index contributed by atoms with van der Waals surface area (Å²) in [6.45, 7) is 5.59. The van der Waals surface area contributed by atoms with Crippen molar-refractivity contribution in [3.05, 3.63) is 35.8 Å². The number of aromatic nitrogens is 4. The molecule has 0 amide bonds. The Morgan fingerprint density at radius 3 is 2.96 bits per heavy atom. The van der Waals surface area contributed by atoms with Crippen LogP contribution >= 0.6 is 0 Å². The van der Waals surface area contributed by atoms with Crippen molar-refractivity contribution in [2.75, 3.05) is 38.2 Å². The number of nitrogens with zero attached hydrogens (tertiary/aromatic N) is 5. The van der Waals surface area contributed by atoms with Crippen LogP contribution in [0.4, 0.5) is 5.82 Å². The maximum absolute atomic E-state index is 5.59. The Morgan fingerprint density at radius 1 is 1.23 bits per heavy atom. The van der Waals surface area contributed by atoms with Crippen molar-refractivity contribution >= 4 is 5.82 Å². The van der Waals surface area contributed by atoms with Gasteiger partial charge in [-0.2, -0.15) is 0 Å². The fourth-order valence-corrected chi connectivity index (χ4v) is 3.84. The highest BCUT2D eigenvalue weighted by Gasteiger charge is 2.20. The van der Waals surface area contributed by atoms with Crippen molar-refractivity contribution in [3.8, 4) is 0 Å². The van der Waals surface area contributed by atoms with Gasteiger partial charge < -0.3 is 14.6 Å². The highest BCUT2D eigenvalue weighted by atomic mass is 16.5. The lowest BCUT2D eigenvalue weighted by molar-refractivity contribution is 0.0594. The predicted molar refractivity (Wildman–Crippen MR) is 100.0 cm³/mol. The van der Waals surface area contributed by atoms with Gasteiger partial charge in [-0.05, 0) is 25.2 Å². The molecule has 1 saturated heterocycles. The zero-order valence-corrected chi connectivity index (χ0v) is 15.5. The normalized spacial score (nSPS) is 21.2. The van der Waals surface area contributed by atoms with Gasteiger partial charge in [0.2, 0.25) is 0 Å².